The molecule has 180 valence electrons. The van der Waals surface area contributed by atoms with Crippen LogP contribution in [0.4, 0.5) is 5.69 Å². The first kappa shape index (κ1) is 22.6. The highest BCUT2D eigenvalue weighted by Crippen LogP contribution is 2.42. The second-order valence-electron chi connectivity index (χ2n) is 8.60. The molecule has 6 rings (SSSR count). The average molecular weight is 505 g/mol. The topological polar surface area (TPSA) is 109 Å². The van der Waals surface area contributed by atoms with Gasteiger partial charge in [-0.05, 0) is 28.8 Å². The zero-order valence-corrected chi connectivity index (χ0v) is 20.5. The second kappa shape index (κ2) is 9.00. The number of hydrogen-bond donors (Lipinski definition) is 1. The molecule has 6 aromatic rings. The van der Waals surface area contributed by atoms with Crippen LogP contribution in [-0.2, 0) is 0 Å². The molecule has 8 heteroatoms. The minimum atomic E-state index is -0.831. The Morgan fingerprint density at radius 2 is 1.62 bits per heavy atom. The first-order valence-electron chi connectivity index (χ1n) is 11.6. The molecule has 0 amide bonds. The molecule has 0 spiro atoms. The van der Waals surface area contributed by atoms with Crippen molar-refractivity contribution in [1.82, 2.24) is 10.3 Å². The molecule has 0 aliphatic heterocycles. The number of pyridine rings is 1. The molecule has 3 heterocycles. The van der Waals surface area contributed by atoms with E-state index in [9.17, 15) is 9.90 Å². The first-order chi connectivity index (χ1) is 18.0. The number of nitrogen functional groups attached to an aromatic ring is 1. The van der Waals surface area contributed by atoms with Crippen LogP contribution in [0.15, 0.2) is 95.5 Å². The monoisotopic (exact) mass is 504 g/mol. The van der Waals surface area contributed by atoms with E-state index in [4.69, 9.17) is 15.2 Å². The minimum absolute atomic E-state index is 0.214. The van der Waals surface area contributed by atoms with Gasteiger partial charge in [0, 0.05) is 23.1 Å². The average Bonchev–Trinajstić information content (AvgIpc) is 3.49. The third-order valence-corrected chi connectivity index (χ3v) is 7.26. The molecule has 0 saturated carbocycles. The Hall–Kier alpha value is -4.82. The molecule has 0 atom stereocenters. The lowest BCUT2D eigenvalue weighted by Crippen LogP contribution is -2.39. The van der Waals surface area contributed by atoms with Crippen molar-refractivity contribution in [2.75, 3.05) is 5.73 Å². The minimum Gasteiger partial charge on any atom is -0.539 e. The summed E-state index contributed by atoms with van der Waals surface area (Å²) in [5.74, 6) is -1.39. The summed E-state index contributed by atoms with van der Waals surface area (Å²) in [5, 5.41) is 17.1. The highest BCUT2D eigenvalue weighted by molar-refractivity contribution is 7.21. The van der Waals surface area contributed by atoms with Gasteiger partial charge in [-0.2, -0.15) is 0 Å². The predicted molar refractivity (Wildman–Crippen MR) is 141 cm³/mol. The third-order valence-electron chi connectivity index (χ3n) is 6.16. The second-order valence-corrected chi connectivity index (χ2v) is 9.60. The zero-order chi connectivity index (χ0) is 25.5. The number of fused-ring (bicyclic) bond motifs is 1. The molecule has 0 aliphatic rings. The Morgan fingerprint density at radius 3 is 2.32 bits per heavy atom. The van der Waals surface area contributed by atoms with Gasteiger partial charge in [-0.1, -0.05) is 78.4 Å². The van der Waals surface area contributed by atoms with Gasteiger partial charge in [0.2, 0.25) is 5.69 Å². The number of nitrogens with two attached hydrogens (primary N) is 1. The molecule has 37 heavy (non-hydrogen) atoms. The van der Waals surface area contributed by atoms with Gasteiger partial charge in [0.25, 0.3) is 5.78 Å². The molecule has 7 nitrogen and oxygen atoms in total. The maximum Gasteiger partial charge on any atom is 0.312 e. The molecule has 0 aliphatic carbocycles. The highest BCUT2D eigenvalue weighted by atomic mass is 32.1. The summed E-state index contributed by atoms with van der Waals surface area (Å²) >= 11 is 1.16. The molecule has 2 N–H and O–H groups in total. The van der Waals surface area contributed by atoms with Gasteiger partial charge in [0.05, 0.1) is 16.7 Å². The summed E-state index contributed by atoms with van der Waals surface area (Å²) in [4.78, 5) is 19.4. The van der Waals surface area contributed by atoms with Crippen LogP contribution in [0.3, 0.4) is 0 Å². The Bertz CT molecular complexity index is 1760. The van der Waals surface area contributed by atoms with Crippen molar-refractivity contribution in [3.63, 3.8) is 0 Å². The van der Waals surface area contributed by atoms with E-state index in [2.05, 4.69) is 5.27 Å². The SMILES string of the molecule is Cc1ccc(-c2cc(-c3ccccc3)nc3sc(C(=O)c4c([O-])on[n+]4-c4ccccc4)c(N)c23)cc1. The summed E-state index contributed by atoms with van der Waals surface area (Å²) in [7, 11) is 0. The van der Waals surface area contributed by atoms with Crippen LogP contribution < -0.4 is 15.5 Å². The molecule has 3 aromatic heterocycles. The number of para-hydroxylation sites is 1. The van der Waals surface area contributed by atoms with E-state index in [1.54, 1.807) is 24.3 Å². The highest BCUT2D eigenvalue weighted by Gasteiger charge is 2.32. The van der Waals surface area contributed by atoms with Crippen molar-refractivity contribution in [3.05, 3.63) is 107 Å². The summed E-state index contributed by atoms with van der Waals surface area (Å²) in [5.41, 5.74) is 11.9. The maximum atomic E-state index is 13.7. The number of benzene rings is 3. The van der Waals surface area contributed by atoms with Gasteiger partial charge < -0.3 is 15.4 Å². The van der Waals surface area contributed by atoms with E-state index in [-0.39, 0.29) is 16.3 Å². The van der Waals surface area contributed by atoms with Crippen molar-refractivity contribution in [2.24, 2.45) is 0 Å². The summed E-state index contributed by atoms with van der Waals surface area (Å²) in [6.07, 6.45) is 0. The molecule has 0 bridgehead atoms. The van der Waals surface area contributed by atoms with Crippen LogP contribution in [-0.4, -0.2) is 16.0 Å². The van der Waals surface area contributed by atoms with Gasteiger partial charge in [-0.3, -0.25) is 4.79 Å². The number of ketones is 1. The Balaban J connectivity index is 1.57. The van der Waals surface area contributed by atoms with Gasteiger partial charge in [0.15, 0.2) is 5.95 Å². The number of carbonyl (C=O) groups is 1. The van der Waals surface area contributed by atoms with E-state index in [0.29, 0.717) is 15.9 Å². The maximum absolute atomic E-state index is 13.7. The Morgan fingerprint density at radius 1 is 0.946 bits per heavy atom. The number of aryl methyl sites for hydroxylation is 1. The molecule has 3 aromatic carbocycles. The van der Waals surface area contributed by atoms with Crippen molar-refractivity contribution >= 4 is 33.0 Å². The lowest BCUT2D eigenvalue weighted by molar-refractivity contribution is -0.672. The third kappa shape index (κ3) is 3.93. The number of hydrogen-bond acceptors (Lipinski definition) is 7. The predicted octanol–water partition coefficient (Wildman–Crippen LogP) is 5.09. The van der Waals surface area contributed by atoms with Crippen LogP contribution in [0.1, 0.15) is 20.9 Å². The lowest BCUT2D eigenvalue weighted by atomic mass is 9.98. The van der Waals surface area contributed by atoms with Gasteiger partial charge >= 0.3 is 5.69 Å². The van der Waals surface area contributed by atoms with Gasteiger partial charge in [-0.15, -0.1) is 11.3 Å². The molecule has 0 fully saturated rings. The van der Waals surface area contributed by atoms with Crippen LogP contribution in [0.5, 0.6) is 5.95 Å². The number of nitrogens with zero attached hydrogens (tertiary/aromatic N) is 3. The normalized spacial score (nSPS) is 11.2. The van der Waals surface area contributed by atoms with E-state index in [1.165, 1.54) is 4.68 Å². The molecular formula is C29H20N4O3S. The Kier molecular flexibility index (Phi) is 5.50. The lowest BCUT2D eigenvalue weighted by Gasteiger charge is -2.09. The van der Waals surface area contributed by atoms with Crippen LogP contribution in [0.25, 0.3) is 38.3 Å². The largest absolute Gasteiger partial charge is 0.539 e. The van der Waals surface area contributed by atoms with Crippen molar-refractivity contribution in [3.8, 4) is 34.0 Å². The number of thiophene rings is 1. The molecule has 0 saturated heterocycles. The number of anilines is 1. The smallest absolute Gasteiger partial charge is 0.312 e. The first-order valence-corrected chi connectivity index (χ1v) is 12.4. The van der Waals surface area contributed by atoms with E-state index in [1.807, 2.05) is 73.7 Å². The van der Waals surface area contributed by atoms with Crippen LogP contribution in [0.2, 0.25) is 0 Å². The Labute approximate surface area is 216 Å². The quantitative estimate of drug-likeness (QED) is 0.259. The van der Waals surface area contributed by atoms with Crippen molar-refractivity contribution in [2.45, 2.75) is 6.92 Å². The molecule has 0 radical (unpaired) electrons. The fourth-order valence-corrected chi connectivity index (χ4v) is 5.36. The number of carbonyl (C=O) groups excluding carboxylic acids is 1. The summed E-state index contributed by atoms with van der Waals surface area (Å²) in [6.45, 7) is 2.03. The van der Waals surface area contributed by atoms with Gasteiger partial charge in [0.1, 0.15) is 9.71 Å². The number of rotatable bonds is 5. The fraction of sp³-hybridized carbons (Fsp3) is 0.0345. The van der Waals surface area contributed by atoms with Crippen molar-refractivity contribution in [1.29, 1.82) is 0 Å². The van der Waals surface area contributed by atoms with Crippen LogP contribution >= 0.6 is 11.3 Å². The van der Waals surface area contributed by atoms with Crippen LogP contribution in [0, 0.1) is 6.92 Å². The standard InChI is InChI=1S/C29H20N4O3S/c1-17-12-14-18(15-13-17)21-16-22(19-8-4-2-5-9-19)31-28-23(21)24(30)27(37-28)26(34)25-29(35)36-32-33(25)20-10-6-3-7-11-20/h2-16H,1H3,(H2-,30,32,34,35). The van der Waals surface area contributed by atoms with Crippen molar-refractivity contribution < 1.29 is 19.1 Å². The molecule has 0 unspecified atom stereocenters. The number of aromatic nitrogens is 3. The van der Waals surface area contributed by atoms with E-state index >= 15 is 0 Å². The van der Waals surface area contributed by atoms with E-state index < -0.39 is 11.7 Å². The zero-order valence-electron chi connectivity index (χ0n) is 19.7. The van der Waals surface area contributed by atoms with E-state index in [0.717, 1.165) is 39.3 Å². The fourth-order valence-electron chi connectivity index (χ4n) is 4.30. The molecular weight excluding hydrogens is 484 g/mol. The summed E-state index contributed by atoms with van der Waals surface area (Å²) < 4.78 is 6.08. The van der Waals surface area contributed by atoms with Gasteiger partial charge in [-0.25, -0.2) is 4.98 Å². The summed E-state index contributed by atoms with van der Waals surface area (Å²) in [6, 6.07) is 28.8.